The number of amides is 4. The lowest BCUT2D eigenvalue weighted by Crippen LogP contribution is -2.51. The maximum atomic E-state index is 13.4. The second-order valence-electron chi connectivity index (χ2n) is 8.97. The number of carbonyl (C=O) groups is 3. The van der Waals surface area contributed by atoms with Crippen molar-refractivity contribution >= 4 is 23.5 Å². The van der Waals surface area contributed by atoms with Crippen molar-refractivity contribution in [1.29, 1.82) is 0 Å². The number of carbonyl (C=O) groups excluding carboxylic acids is 3. The molecule has 2 heterocycles. The van der Waals surface area contributed by atoms with E-state index in [1.807, 2.05) is 66.7 Å². The van der Waals surface area contributed by atoms with E-state index in [1.165, 1.54) is 5.06 Å². The van der Waals surface area contributed by atoms with Crippen molar-refractivity contribution in [2.75, 3.05) is 11.9 Å². The van der Waals surface area contributed by atoms with Crippen LogP contribution in [0.2, 0.25) is 0 Å². The van der Waals surface area contributed by atoms with E-state index in [2.05, 4.69) is 10.6 Å². The first-order valence-electron chi connectivity index (χ1n) is 12.1. The molecular weight excluding hydrogens is 456 g/mol. The molecule has 0 aliphatic carbocycles. The van der Waals surface area contributed by atoms with Crippen LogP contribution in [-0.2, 0) is 21.0 Å². The van der Waals surface area contributed by atoms with Gasteiger partial charge in [-0.3, -0.25) is 14.4 Å². The first-order chi connectivity index (χ1) is 17.6. The van der Waals surface area contributed by atoms with E-state index in [-0.39, 0.29) is 30.5 Å². The van der Waals surface area contributed by atoms with Crippen molar-refractivity contribution in [3.63, 3.8) is 0 Å². The minimum absolute atomic E-state index is 0.100. The minimum atomic E-state index is -0.903. The monoisotopic (exact) mass is 484 g/mol. The second-order valence-corrected chi connectivity index (χ2v) is 8.97. The Balaban J connectivity index is 1.27. The quantitative estimate of drug-likeness (QED) is 0.508. The summed E-state index contributed by atoms with van der Waals surface area (Å²) in [6.07, 6.45) is 1.14. The number of nitrogens with zero attached hydrogens (tertiary/aromatic N) is 2. The third-order valence-corrected chi connectivity index (χ3v) is 6.56. The van der Waals surface area contributed by atoms with Gasteiger partial charge in [-0.2, -0.15) is 5.06 Å². The largest absolute Gasteiger partial charge is 0.345 e. The van der Waals surface area contributed by atoms with Gasteiger partial charge in [-0.25, -0.2) is 4.79 Å². The van der Waals surface area contributed by atoms with Crippen LogP contribution in [0.25, 0.3) is 0 Å². The van der Waals surface area contributed by atoms with Gasteiger partial charge in [0.05, 0.1) is 6.04 Å². The SMILES string of the molecule is O=C(Nc1ccccc1)[C@H](NC(=O)[C@@H]1CCC2CN1C(=O)N2OCc1ccccc1)c1ccccc1. The summed E-state index contributed by atoms with van der Waals surface area (Å²) in [5.74, 6) is -0.709. The summed E-state index contributed by atoms with van der Waals surface area (Å²) >= 11 is 0. The fourth-order valence-electron chi connectivity index (χ4n) is 4.71. The smallest absolute Gasteiger partial charge is 0.339 e. The van der Waals surface area contributed by atoms with E-state index >= 15 is 0 Å². The molecule has 0 aromatic heterocycles. The summed E-state index contributed by atoms with van der Waals surface area (Å²) in [5.41, 5.74) is 2.26. The predicted molar refractivity (Wildman–Crippen MR) is 134 cm³/mol. The fraction of sp³-hybridized carbons (Fsp3) is 0.250. The molecule has 2 N–H and O–H groups in total. The highest BCUT2D eigenvalue weighted by Gasteiger charge is 2.48. The van der Waals surface area contributed by atoms with Crippen LogP contribution in [0.15, 0.2) is 91.0 Å². The van der Waals surface area contributed by atoms with Crippen LogP contribution in [-0.4, -0.2) is 46.4 Å². The van der Waals surface area contributed by atoms with Gasteiger partial charge in [0.2, 0.25) is 5.91 Å². The first kappa shape index (κ1) is 23.6. The normalized spacial score (nSPS) is 19.6. The molecule has 2 bridgehead atoms. The van der Waals surface area contributed by atoms with Crippen molar-refractivity contribution in [2.45, 2.75) is 37.6 Å². The lowest BCUT2D eigenvalue weighted by Gasteiger charge is -2.30. The second kappa shape index (κ2) is 10.6. The summed E-state index contributed by atoms with van der Waals surface area (Å²) < 4.78 is 0. The molecule has 3 aromatic carbocycles. The molecule has 0 radical (unpaired) electrons. The van der Waals surface area contributed by atoms with Crippen molar-refractivity contribution in [3.8, 4) is 0 Å². The van der Waals surface area contributed by atoms with E-state index in [1.54, 1.807) is 29.2 Å². The van der Waals surface area contributed by atoms with E-state index in [0.29, 0.717) is 30.6 Å². The highest BCUT2D eigenvalue weighted by Crippen LogP contribution is 2.31. The Hall–Kier alpha value is -4.17. The summed E-state index contributed by atoms with van der Waals surface area (Å²) in [6, 6.07) is 25.8. The molecule has 1 unspecified atom stereocenters. The molecule has 3 atom stereocenters. The predicted octanol–water partition coefficient (Wildman–Crippen LogP) is 3.88. The number of fused-ring (bicyclic) bond motifs is 2. The van der Waals surface area contributed by atoms with E-state index < -0.39 is 12.1 Å². The van der Waals surface area contributed by atoms with Crippen LogP contribution in [0.1, 0.15) is 30.0 Å². The molecule has 2 fully saturated rings. The number of hydrogen-bond donors (Lipinski definition) is 2. The van der Waals surface area contributed by atoms with Crippen LogP contribution in [0.3, 0.4) is 0 Å². The van der Waals surface area contributed by atoms with Gasteiger partial charge < -0.3 is 15.5 Å². The van der Waals surface area contributed by atoms with Crippen LogP contribution < -0.4 is 10.6 Å². The molecule has 4 amide bonds. The van der Waals surface area contributed by atoms with Gasteiger partial charge in [-0.05, 0) is 36.1 Å². The summed E-state index contributed by atoms with van der Waals surface area (Å²) in [5, 5.41) is 7.16. The molecule has 36 heavy (non-hydrogen) atoms. The number of anilines is 1. The molecule has 2 saturated heterocycles. The molecule has 3 aromatic rings. The first-order valence-corrected chi connectivity index (χ1v) is 12.1. The van der Waals surface area contributed by atoms with Crippen LogP contribution in [0.5, 0.6) is 0 Å². The minimum Gasteiger partial charge on any atom is -0.339 e. The number of hydroxylamine groups is 2. The Morgan fingerprint density at radius 1 is 0.889 bits per heavy atom. The average molecular weight is 485 g/mol. The fourth-order valence-corrected chi connectivity index (χ4v) is 4.71. The zero-order valence-corrected chi connectivity index (χ0v) is 19.7. The molecule has 184 valence electrons. The molecule has 2 aliphatic heterocycles. The van der Waals surface area contributed by atoms with E-state index in [4.69, 9.17) is 4.84 Å². The maximum Gasteiger partial charge on any atom is 0.345 e. The topological polar surface area (TPSA) is 91.0 Å². The summed E-state index contributed by atoms with van der Waals surface area (Å²) in [4.78, 5) is 47.1. The average Bonchev–Trinajstić information content (AvgIpc) is 3.16. The van der Waals surface area contributed by atoms with Gasteiger partial charge in [-0.15, -0.1) is 0 Å². The number of nitrogens with one attached hydrogen (secondary N) is 2. The number of rotatable bonds is 8. The molecule has 5 rings (SSSR count). The zero-order valence-electron chi connectivity index (χ0n) is 19.7. The lowest BCUT2D eigenvalue weighted by molar-refractivity contribution is -0.140. The van der Waals surface area contributed by atoms with Crippen molar-refractivity contribution in [1.82, 2.24) is 15.3 Å². The van der Waals surface area contributed by atoms with Crippen molar-refractivity contribution in [3.05, 3.63) is 102 Å². The van der Waals surface area contributed by atoms with E-state index in [9.17, 15) is 14.4 Å². The Morgan fingerprint density at radius 3 is 2.22 bits per heavy atom. The van der Waals surface area contributed by atoms with Crippen LogP contribution >= 0.6 is 0 Å². The Labute approximate surface area is 209 Å². The molecule has 8 heteroatoms. The third kappa shape index (κ3) is 5.08. The van der Waals surface area contributed by atoms with Gasteiger partial charge in [0, 0.05) is 12.2 Å². The molecule has 0 saturated carbocycles. The number of para-hydroxylation sites is 1. The summed E-state index contributed by atoms with van der Waals surface area (Å²) in [6.45, 7) is 0.696. The highest BCUT2D eigenvalue weighted by molar-refractivity contribution is 5.99. The number of benzene rings is 3. The Bertz CT molecular complexity index is 1210. The molecule has 8 nitrogen and oxygen atoms in total. The van der Waals surface area contributed by atoms with E-state index in [0.717, 1.165) is 5.56 Å². The van der Waals surface area contributed by atoms with Gasteiger partial charge in [0.25, 0.3) is 5.91 Å². The Kier molecular flexibility index (Phi) is 6.95. The zero-order chi connectivity index (χ0) is 24.9. The number of urea groups is 1. The van der Waals surface area contributed by atoms with Gasteiger partial charge in [0.1, 0.15) is 18.7 Å². The van der Waals surface area contributed by atoms with Crippen LogP contribution in [0.4, 0.5) is 10.5 Å². The van der Waals surface area contributed by atoms with Crippen molar-refractivity contribution in [2.24, 2.45) is 0 Å². The van der Waals surface area contributed by atoms with Gasteiger partial charge in [0.15, 0.2) is 0 Å². The maximum absolute atomic E-state index is 13.4. The third-order valence-electron chi connectivity index (χ3n) is 6.56. The Morgan fingerprint density at radius 2 is 1.53 bits per heavy atom. The standard InChI is InChI=1S/C28H28N4O4/c33-26(30-25(21-12-6-2-7-13-21)27(34)29-22-14-8-3-9-15-22)24-17-16-23-18-31(24)28(35)32(23)36-19-20-10-4-1-5-11-20/h1-15,23-25H,16-19H2,(H,29,34)(H,30,33)/t23?,24-,25+/m0/s1. The highest BCUT2D eigenvalue weighted by atomic mass is 16.7. The van der Waals surface area contributed by atoms with Crippen molar-refractivity contribution < 1.29 is 19.2 Å². The van der Waals surface area contributed by atoms with Gasteiger partial charge >= 0.3 is 6.03 Å². The molecule has 2 aliphatic rings. The summed E-state index contributed by atoms with van der Waals surface area (Å²) in [7, 11) is 0. The number of piperidine rings is 1. The number of hydrogen-bond acceptors (Lipinski definition) is 4. The lowest BCUT2D eigenvalue weighted by atomic mass is 9.99. The van der Waals surface area contributed by atoms with Crippen LogP contribution in [0, 0.1) is 0 Å². The van der Waals surface area contributed by atoms with Gasteiger partial charge in [-0.1, -0.05) is 78.9 Å². The molecule has 0 spiro atoms. The molecular formula is C28H28N4O4.